The topological polar surface area (TPSA) is 29.9 Å². The molecule has 0 fully saturated rings. The average molecular weight is 304 g/mol. The Bertz CT molecular complexity index is 793. The summed E-state index contributed by atoms with van der Waals surface area (Å²) in [6.07, 6.45) is 0. The quantitative estimate of drug-likeness (QED) is 0.782. The van der Waals surface area contributed by atoms with Crippen LogP contribution >= 0.6 is 11.6 Å². The van der Waals surface area contributed by atoms with Crippen LogP contribution in [-0.2, 0) is 13.6 Å². The van der Waals surface area contributed by atoms with Gasteiger partial charge in [0, 0.05) is 35.4 Å². The van der Waals surface area contributed by atoms with Gasteiger partial charge in [-0.1, -0.05) is 23.7 Å². The number of fused-ring (bicyclic) bond motifs is 1. The molecule has 0 radical (unpaired) electrons. The Morgan fingerprint density at radius 3 is 2.67 bits per heavy atom. The van der Waals surface area contributed by atoms with Gasteiger partial charge in [-0.25, -0.2) is 4.39 Å². The molecule has 0 aliphatic heterocycles. The minimum atomic E-state index is -0.310. The smallest absolute Gasteiger partial charge is 0.153 e. The van der Waals surface area contributed by atoms with Gasteiger partial charge in [0.2, 0.25) is 0 Å². The third-order valence-electron chi connectivity index (χ3n) is 3.60. The minimum Gasteiger partial charge on any atom is -0.381 e. The van der Waals surface area contributed by atoms with Crippen molar-refractivity contribution < 1.29 is 4.39 Å². The fourth-order valence-electron chi connectivity index (χ4n) is 2.28. The molecule has 2 aromatic carbocycles. The molecule has 21 heavy (non-hydrogen) atoms. The van der Waals surface area contributed by atoms with Gasteiger partial charge in [0.25, 0.3) is 0 Å². The molecule has 0 amide bonds. The number of anilines is 1. The molecule has 0 unspecified atom stereocenters. The van der Waals surface area contributed by atoms with Crippen LogP contribution in [0.15, 0.2) is 36.4 Å². The van der Waals surface area contributed by atoms with Gasteiger partial charge < -0.3 is 5.32 Å². The average Bonchev–Trinajstić information content (AvgIpc) is 2.75. The Balaban J connectivity index is 1.87. The van der Waals surface area contributed by atoms with Crippen molar-refractivity contribution in [3.63, 3.8) is 0 Å². The number of rotatable bonds is 3. The molecule has 0 saturated heterocycles. The second-order valence-corrected chi connectivity index (χ2v) is 5.48. The maximum atomic E-state index is 14.1. The molecule has 108 valence electrons. The van der Waals surface area contributed by atoms with E-state index in [-0.39, 0.29) is 5.82 Å². The Morgan fingerprint density at radius 1 is 1.24 bits per heavy atom. The number of benzene rings is 2. The first kappa shape index (κ1) is 13.9. The molecule has 1 heterocycles. The van der Waals surface area contributed by atoms with Gasteiger partial charge in [-0.05, 0) is 36.8 Å². The first-order chi connectivity index (χ1) is 10.0. The summed E-state index contributed by atoms with van der Waals surface area (Å²) in [6.45, 7) is 2.54. The molecular weight excluding hydrogens is 289 g/mol. The summed E-state index contributed by atoms with van der Waals surface area (Å²) in [6, 6.07) is 11.0. The van der Waals surface area contributed by atoms with E-state index in [2.05, 4.69) is 10.4 Å². The summed E-state index contributed by atoms with van der Waals surface area (Å²) in [4.78, 5) is 0. The summed E-state index contributed by atoms with van der Waals surface area (Å²) in [5.41, 5.74) is 3.18. The van der Waals surface area contributed by atoms with E-state index in [0.29, 0.717) is 17.1 Å². The second kappa shape index (κ2) is 5.37. The van der Waals surface area contributed by atoms with Gasteiger partial charge in [-0.2, -0.15) is 5.10 Å². The minimum absolute atomic E-state index is 0.310. The fourth-order valence-corrected chi connectivity index (χ4v) is 2.41. The maximum Gasteiger partial charge on any atom is 0.153 e. The number of halogens is 2. The van der Waals surface area contributed by atoms with E-state index in [0.717, 1.165) is 22.3 Å². The van der Waals surface area contributed by atoms with E-state index in [1.165, 1.54) is 6.07 Å². The van der Waals surface area contributed by atoms with E-state index in [1.54, 1.807) is 4.68 Å². The van der Waals surface area contributed by atoms with E-state index in [4.69, 9.17) is 11.6 Å². The van der Waals surface area contributed by atoms with Crippen LogP contribution in [0.25, 0.3) is 10.9 Å². The summed E-state index contributed by atoms with van der Waals surface area (Å²) in [5.74, 6) is -0.310. The van der Waals surface area contributed by atoms with Crippen LogP contribution in [0.1, 0.15) is 11.3 Å². The van der Waals surface area contributed by atoms with Crippen LogP contribution < -0.4 is 5.32 Å². The van der Waals surface area contributed by atoms with E-state index < -0.39 is 0 Å². The highest BCUT2D eigenvalue weighted by Crippen LogP contribution is 2.25. The Labute approximate surface area is 127 Å². The van der Waals surface area contributed by atoms with E-state index in [9.17, 15) is 4.39 Å². The van der Waals surface area contributed by atoms with Crippen molar-refractivity contribution in [2.75, 3.05) is 5.32 Å². The number of nitrogens with zero attached hydrogens (tertiary/aromatic N) is 2. The normalized spacial score (nSPS) is 11.0. The lowest BCUT2D eigenvalue weighted by molar-refractivity contribution is 0.632. The maximum absolute atomic E-state index is 14.1. The number of aromatic nitrogens is 2. The Kier molecular flexibility index (Phi) is 3.55. The van der Waals surface area contributed by atoms with Gasteiger partial charge >= 0.3 is 0 Å². The summed E-state index contributed by atoms with van der Waals surface area (Å²) < 4.78 is 15.8. The predicted molar refractivity (Wildman–Crippen MR) is 84.2 cm³/mol. The lowest BCUT2D eigenvalue weighted by atomic mass is 10.1. The zero-order valence-corrected chi connectivity index (χ0v) is 12.6. The van der Waals surface area contributed by atoms with Gasteiger partial charge in [0.15, 0.2) is 5.82 Å². The lowest BCUT2D eigenvalue weighted by Crippen LogP contribution is -1.99. The number of hydrogen-bond acceptors (Lipinski definition) is 2. The molecule has 0 aliphatic rings. The first-order valence-corrected chi connectivity index (χ1v) is 7.03. The van der Waals surface area contributed by atoms with Crippen LogP contribution in [0.4, 0.5) is 10.1 Å². The van der Waals surface area contributed by atoms with Crippen molar-refractivity contribution in [2.24, 2.45) is 7.05 Å². The van der Waals surface area contributed by atoms with Gasteiger partial charge in [-0.15, -0.1) is 0 Å². The highest BCUT2D eigenvalue weighted by atomic mass is 35.5. The highest BCUT2D eigenvalue weighted by molar-refractivity contribution is 6.30. The molecule has 3 rings (SSSR count). The molecule has 0 saturated carbocycles. The molecule has 0 spiro atoms. The van der Waals surface area contributed by atoms with Crippen molar-refractivity contribution >= 4 is 28.2 Å². The van der Waals surface area contributed by atoms with E-state index in [1.807, 2.05) is 44.3 Å². The van der Waals surface area contributed by atoms with Gasteiger partial charge in [-0.3, -0.25) is 4.68 Å². The second-order valence-electron chi connectivity index (χ2n) is 5.04. The van der Waals surface area contributed by atoms with Gasteiger partial charge in [0.1, 0.15) is 5.52 Å². The Hall–Kier alpha value is -2.07. The first-order valence-electron chi connectivity index (χ1n) is 6.66. The van der Waals surface area contributed by atoms with E-state index >= 15 is 0 Å². The number of nitrogens with one attached hydrogen (secondary N) is 1. The van der Waals surface area contributed by atoms with Crippen molar-refractivity contribution in [1.29, 1.82) is 0 Å². The molecule has 3 aromatic rings. The van der Waals surface area contributed by atoms with Crippen LogP contribution in [0.3, 0.4) is 0 Å². The lowest BCUT2D eigenvalue weighted by Gasteiger charge is -2.07. The van der Waals surface area contributed by atoms with Crippen LogP contribution in [0.2, 0.25) is 5.02 Å². The van der Waals surface area contributed by atoms with Crippen LogP contribution in [0, 0.1) is 12.7 Å². The monoisotopic (exact) mass is 303 g/mol. The molecule has 3 nitrogen and oxygen atoms in total. The van der Waals surface area contributed by atoms with Crippen LogP contribution in [0.5, 0.6) is 0 Å². The summed E-state index contributed by atoms with van der Waals surface area (Å²) in [7, 11) is 1.82. The zero-order valence-electron chi connectivity index (χ0n) is 11.8. The molecule has 0 aliphatic carbocycles. The van der Waals surface area contributed by atoms with Crippen molar-refractivity contribution in [1.82, 2.24) is 9.78 Å². The fraction of sp³-hybridized carbons (Fsp3) is 0.188. The molecular formula is C16H15ClFN3. The molecule has 0 bridgehead atoms. The molecule has 0 atom stereocenters. The van der Waals surface area contributed by atoms with Gasteiger partial charge in [0.05, 0.1) is 0 Å². The summed E-state index contributed by atoms with van der Waals surface area (Å²) >= 11 is 5.86. The van der Waals surface area contributed by atoms with Crippen molar-refractivity contribution in [2.45, 2.75) is 13.5 Å². The third kappa shape index (κ3) is 2.72. The van der Waals surface area contributed by atoms with Crippen LogP contribution in [-0.4, -0.2) is 9.78 Å². The number of hydrogen-bond donors (Lipinski definition) is 1. The molecule has 1 aromatic heterocycles. The largest absolute Gasteiger partial charge is 0.381 e. The highest BCUT2D eigenvalue weighted by Gasteiger charge is 2.11. The Morgan fingerprint density at radius 2 is 1.95 bits per heavy atom. The zero-order chi connectivity index (χ0) is 15.0. The SMILES string of the molecule is Cc1c2cc(NCc3ccc(Cl)cc3)cc(F)c2nn1C. The molecule has 1 N–H and O–H groups in total. The van der Waals surface area contributed by atoms with Crippen molar-refractivity contribution in [3.05, 3.63) is 58.5 Å². The molecule has 5 heteroatoms. The van der Waals surface area contributed by atoms with Crippen molar-refractivity contribution in [3.8, 4) is 0 Å². The predicted octanol–water partition coefficient (Wildman–Crippen LogP) is 4.29. The number of aryl methyl sites for hydroxylation is 2. The summed E-state index contributed by atoms with van der Waals surface area (Å²) in [5, 5.41) is 8.95. The third-order valence-corrected chi connectivity index (χ3v) is 3.85. The standard InChI is InChI=1S/C16H15ClFN3/c1-10-14-7-13(8-15(18)16(14)20-21(10)2)19-9-11-3-5-12(17)6-4-11/h3-8,19H,9H2,1-2H3.